The van der Waals surface area contributed by atoms with Crippen LogP contribution in [0.3, 0.4) is 0 Å². The van der Waals surface area contributed by atoms with Crippen LogP contribution in [-0.2, 0) is 10.5 Å². The van der Waals surface area contributed by atoms with Gasteiger partial charge in [-0.05, 0) is 96.1 Å². The van der Waals surface area contributed by atoms with Crippen molar-refractivity contribution in [3.63, 3.8) is 0 Å². The number of unbranched alkanes of at least 4 members (excludes halogenated alkanes) is 1. The Morgan fingerprint density at radius 1 is 1.15 bits per heavy atom. The molecule has 1 N–H and O–H groups in total. The minimum Gasteiger partial charge on any atom is -0.374 e. The molecule has 1 fully saturated rings. The van der Waals surface area contributed by atoms with Crippen LogP contribution in [-0.4, -0.2) is 29.3 Å². The second kappa shape index (κ2) is 17.3. The Kier molecular flexibility index (Phi) is 13.3. The maximum absolute atomic E-state index is 9.37. The highest BCUT2D eigenvalue weighted by molar-refractivity contribution is 7.98. The first-order chi connectivity index (χ1) is 22.7. The molecule has 7 heteroatoms. The van der Waals surface area contributed by atoms with E-state index in [4.69, 9.17) is 9.26 Å². The summed E-state index contributed by atoms with van der Waals surface area (Å²) in [7, 11) is 0. The smallest absolute Gasteiger partial charge is 0.171 e. The van der Waals surface area contributed by atoms with Gasteiger partial charge in [0, 0.05) is 57.1 Å². The molecule has 0 radical (unpaired) electrons. The lowest BCUT2D eigenvalue weighted by Crippen LogP contribution is -2.17. The van der Waals surface area contributed by atoms with Crippen LogP contribution in [0.25, 0.3) is 16.9 Å². The third-order valence-corrected chi connectivity index (χ3v) is 9.78. The Balaban J connectivity index is 0.000000217. The van der Waals surface area contributed by atoms with Gasteiger partial charge in [-0.25, -0.2) is 0 Å². The molecule has 1 aromatic heterocycles. The van der Waals surface area contributed by atoms with E-state index in [1.807, 2.05) is 62.2 Å². The molecule has 2 aliphatic rings. The van der Waals surface area contributed by atoms with Gasteiger partial charge in [-0.2, -0.15) is 17.0 Å². The zero-order chi connectivity index (χ0) is 33.9. The molecule has 2 aromatic carbocycles. The molecule has 0 bridgehead atoms. The minimum absolute atomic E-state index is 0.408. The Morgan fingerprint density at radius 3 is 2.55 bits per heavy atom. The van der Waals surface area contributed by atoms with E-state index in [2.05, 4.69) is 81.3 Å². The summed E-state index contributed by atoms with van der Waals surface area (Å²) in [6.07, 6.45) is 10.4. The van der Waals surface area contributed by atoms with E-state index in [0.29, 0.717) is 17.8 Å². The quantitative estimate of drug-likeness (QED) is 0.232. The van der Waals surface area contributed by atoms with Crippen LogP contribution in [0.2, 0.25) is 0 Å². The van der Waals surface area contributed by atoms with Gasteiger partial charge >= 0.3 is 0 Å². The number of aryl methyl sites for hydroxylation is 2. The van der Waals surface area contributed by atoms with Crippen molar-refractivity contribution in [2.45, 2.75) is 105 Å². The molecule has 1 saturated heterocycles. The Labute approximate surface area is 286 Å². The Morgan fingerprint density at radius 2 is 1.91 bits per heavy atom. The van der Waals surface area contributed by atoms with Crippen molar-refractivity contribution in [2.75, 3.05) is 11.1 Å². The number of aliphatic imine (C=N–C) groups is 1. The summed E-state index contributed by atoms with van der Waals surface area (Å²) in [6.45, 7) is 16.8. The first kappa shape index (κ1) is 36.0. The maximum atomic E-state index is 9.37. The third-order valence-electron chi connectivity index (χ3n) is 8.68. The van der Waals surface area contributed by atoms with Crippen molar-refractivity contribution < 1.29 is 9.26 Å². The Hall–Kier alpha value is -3.86. The van der Waals surface area contributed by atoms with E-state index in [1.54, 1.807) is 0 Å². The third kappa shape index (κ3) is 8.94. The molecule has 5 rings (SSSR count). The Bertz CT molecular complexity index is 1690. The normalized spacial score (nSPS) is 20.4. The van der Waals surface area contributed by atoms with Crippen molar-refractivity contribution in [2.24, 2.45) is 4.99 Å². The molecule has 0 spiro atoms. The second-order valence-electron chi connectivity index (χ2n) is 12.3. The van der Waals surface area contributed by atoms with Crippen LogP contribution in [0, 0.1) is 25.2 Å². The number of allylic oxidation sites excluding steroid dienone is 4. The van der Waals surface area contributed by atoms with Gasteiger partial charge in [-0.3, -0.25) is 4.99 Å². The SMILES string of the molecule is CC=N/C(C)=C1C(=C\CCC)/c2c(C)cc(C#N)cc2NC/1=C(/C)CC.Cc1noc(-c2ccccc2)c1CSCC1CCC(C)O1. The van der Waals surface area contributed by atoms with Gasteiger partial charge in [0.15, 0.2) is 5.76 Å². The number of nitrogens with zero attached hydrogens (tertiary/aromatic N) is 3. The average molecular weight is 651 g/mol. The van der Waals surface area contributed by atoms with E-state index in [-0.39, 0.29) is 0 Å². The lowest BCUT2D eigenvalue weighted by Gasteiger charge is -2.30. The molecule has 6 nitrogen and oxygen atoms in total. The number of nitriles is 1. The molecule has 0 saturated carbocycles. The lowest BCUT2D eigenvalue weighted by molar-refractivity contribution is 0.0700. The zero-order valence-electron chi connectivity index (χ0n) is 29.4. The molecule has 248 valence electrons. The van der Waals surface area contributed by atoms with Gasteiger partial charge in [0.25, 0.3) is 0 Å². The van der Waals surface area contributed by atoms with Crippen molar-refractivity contribution in [1.29, 1.82) is 5.26 Å². The standard InChI is InChI=1S/C23H29N3.C17H21NO2S/c1-7-10-11-19-21-16(5)12-18(14-24)13-20(21)26-23(15(4)8-2)22(19)17(6)25-9-3;1-12-8-9-15(19-12)10-21-11-16-13(2)18-20-17(16)14-6-4-3-5-7-14/h9,11-13,26H,7-8,10H2,1-6H3;3-7,12,15H,8-11H2,1-2H3/b19-11-,22-17-,23-15-,25-9?;. The number of benzene rings is 2. The summed E-state index contributed by atoms with van der Waals surface area (Å²) in [5, 5.41) is 17.1. The summed E-state index contributed by atoms with van der Waals surface area (Å²) in [4.78, 5) is 4.60. The number of ether oxygens (including phenoxy) is 1. The predicted octanol–water partition coefficient (Wildman–Crippen LogP) is 11.0. The first-order valence-corrected chi connectivity index (χ1v) is 18.0. The van der Waals surface area contributed by atoms with Gasteiger partial charge < -0.3 is 14.6 Å². The number of aromatic nitrogens is 1. The summed E-state index contributed by atoms with van der Waals surface area (Å²) < 4.78 is 11.4. The number of thioether (sulfide) groups is 1. The molecule has 0 amide bonds. The van der Waals surface area contributed by atoms with Crippen LogP contribution in [0.1, 0.15) is 102 Å². The maximum Gasteiger partial charge on any atom is 0.171 e. The molecule has 3 aromatic rings. The topological polar surface area (TPSA) is 83.4 Å². The van der Waals surface area contributed by atoms with E-state index >= 15 is 0 Å². The monoisotopic (exact) mass is 650 g/mol. The number of nitrogens with one attached hydrogen (secondary N) is 1. The highest BCUT2D eigenvalue weighted by atomic mass is 32.2. The highest BCUT2D eigenvalue weighted by Crippen LogP contribution is 2.44. The fourth-order valence-electron chi connectivity index (χ4n) is 6.06. The van der Waals surface area contributed by atoms with Crippen molar-refractivity contribution in [3.8, 4) is 17.4 Å². The van der Waals surface area contributed by atoms with Gasteiger partial charge in [0.2, 0.25) is 0 Å². The molecular weight excluding hydrogens is 601 g/mol. The summed E-state index contributed by atoms with van der Waals surface area (Å²) in [5.41, 5.74) is 13.1. The fourth-order valence-corrected chi connectivity index (χ4v) is 7.23. The minimum atomic E-state index is 0.408. The van der Waals surface area contributed by atoms with Crippen LogP contribution in [0.15, 0.2) is 80.6 Å². The second-order valence-corrected chi connectivity index (χ2v) is 13.3. The molecule has 2 atom stereocenters. The number of hydrogen-bond donors (Lipinski definition) is 1. The van der Waals surface area contributed by atoms with E-state index in [9.17, 15) is 5.26 Å². The lowest BCUT2D eigenvalue weighted by atomic mass is 9.83. The molecule has 3 heterocycles. The molecule has 0 aliphatic carbocycles. The van der Waals surface area contributed by atoms with Gasteiger partial charge in [0.1, 0.15) is 0 Å². The fraction of sp³-hybridized carbons (Fsp3) is 0.425. The van der Waals surface area contributed by atoms with Gasteiger partial charge in [0.05, 0.1) is 29.5 Å². The van der Waals surface area contributed by atoms with E-state index in [0.717, 1.165) is 70.4 Å². The molecular formula is C40H50N4O2S. The highest BCUT2D eigenvalue weighted by Gasteiger charge is 2.27. The number of rotatable bonds is 9. The van der Waals surface area contributed by atoms with Gasteiger partial charge in [-0.1, -0.05) is 61.8 Å². The number of anilines is 1. The average Bonchev–Trinajstić information content (AvgIpc) is 3.67. The van der Waals surface area contributed by atoms with Crippen LogP contribution in [0.4, 0.5) is 5.69 Å². The number of fused-ring (bicyclic) bond motifs is 1. The van der Waals surface area contributed by atoms with Crippen molar-refractivity contribution in [3.05, 3.63) is 99.0 Å². The first-order valence-electron chi connectivity index (χ1n) is 16.9. The molecule has 47 heavy (non-hydrogen) atoms. The summed E-state index contributed by atoms with van der Waals surface area (Å²) >= 11 is 1.91. The zero-order valence-corrected chi connectivity index (χ0v) is 30.2. The predicted molar refractivity (Wildman–Crippen MR) is 199 cm³/mol. The van der Waals surface area contributed by atoms with Crippen molar-refractivity contribution in [1.82, 2.24) is 5.16 Å². The van der Waals surface area contributed by atoms with Crippen LogP contribution >= 0.6 is 11.8 Å². The molecule has 2 unspecified atom stereocenters. The van der Waals surface area contributed by atoms with E-state index in [1.165, 1.54) is 40.7 Å². The van der Waals surface area contributed by atoms with Crippen molar-refractivity contribution >= 4 is 29.2 Å². The largest absolute Gasteiger partial charge is 0.374 e. The van der Waals surface area contributed by atoms with Gasteiger partial charge in [-0.15, -0.1) is 0 Å². The van der Waals surface area contributed by atoms with Crippen LogP contribution < -0.4 is 5.32 Å². The number of hydrogen-bond acceptors (Lipinski definition) is 7. The molecule has 2 aliphatic heterocycles. The summed E-state index contributed by atoms with van der Waals surface area (Å²) in [5.74, 6) is 2.87. The summed E-state index contributed by atoms with van der Waals surface area (Å²) in [6, 6.07) is 16.4. The van der Waals surface area contributed by atoms with E-state index < -0.39 is 0 Å². The van der Waals surface area contributed by atoms with Crippen LogP contribution in [0.5, 0.6) is 0 Å².